The average Bonchev–Trinajstić information content (AvgIpc) is 3.16. The Morgan fingerprint density at radius 2 is 1.89 bits per heavy atom. The molecule has 0 bridgehead atoms. The maximum absolute atomic E-state index is 12.9. The number of hydrogen-bond acceptors (Lipinski definition) is 7. The largest absolute Gasteiger partial charge is 0.493 e. The van der Waals surface area contributed by atoms with Gasteiger partial charge in [-0.15, -0.1) is 5.10 Å². The van der Waals surface area contributed by atoms with Crippen molar-refractivity contribution in [3.63, 3.8) is 0 Å². The van der Waals surface area contributed by atoms with Crippen LogP contribution in [0.3, 0.4) is 0 Å². The van der Waals surface area contributed by atoms with E-state index in [4.69, 9.17) is 9.47 Å². The Hall–Kier alpha value is -3.79. The molecular formula is C25H27N5O4S. The van der Waals surface area contributed by atoms with E-state index >= 15 is 0 Å². The summed E-state index contributed by atoms with van der Waals surface area (Å²) in [6, 6.07) is 11.3. The molecule has 0 saturated carbocycles. The van der Waals surface area contributed by atoms with Gasteiger partial charge in [-0.05, 0) is 50.1 Å². The van der Waals surface area contributed by atoms with E-state index in [1.807, 2.05) is 45.0 Å². The number of aryl methyl sites for hydroxylation is 2. The summed E-state index contributed by atoms with van der Waals surface area (Å²) in [5.74, 6) is 0.840. The van der Waals surface area contributed by atoms with Gasteiger partial charge in [0.1, 0.15) is 11.6 Å². The van der Waals surface area contributed by atoms with Crippen molar-refractivity contribution in [2.45, 2.75) is 43.3 Å². The van der Waals surface area contributed by atoms with Crippen LogP contribution in [0.15, 0.2) is 63.5 Å². The highest BCUT2D eigenvalue weighted by atomic mass is 32.2. The zero-order chi connectivity index (χ0) is 25.1. The molecular weight excluding hydrogens is 466 g/mol. The smallest absolute Gasteiger partial charge is 0.350 e. The summed E-state index contributed by atoms with van der Waals surface area (Å²) < 4.78 is 13.2. The molecule has 0 fully saturated rings. The van der Waals surface area contributed by atoms with E-state index in [9.17, 15) is 9.59 Å². The number of carbonyl (C=O) groups excluding carboxylic acids is 1. The number of rotatable bonds is 8. The minimum absolute atomic E-state index is 0.216. The van der Waals surface area contributed by atoms with Gasteiger partial charge in [0.05, 0.1) is 20.3 Å². The van der Waals surface area contributed by atoms with Crippen molar-refractivity contribution in [2.75, 3.05) is 14.2 Å². The van der Waals surface area contributed by atoms with Crippen molar-refractivity contribution < 1.29 is 14.3 Å². The van der Waals surface area contributed by atoms with Gasteiger partial charge in [-0.3, -0.25) is 4.79 Å². The number of benzene rings is 2. The lowest BCUT2D eigenvalue weighted by Gasteiger charge is -2.16. The fourth-order valence-electron chi connectivity index (χ4n) is 3.75. The monoisotopic (exact) mass is 493 g/mol. The molecule has 0 radical (unpaired) electrons. The maximum atomic E-state index is 12.9. The summed E-state index contributed by atoms with van der Waals surface area (Å²) >= 11 is 1.44. The molecule has 1 N–H and O–H groups in total. The van der Waals surface area contributed by atoms with E-state index in [0.717, 1.165) is 20.7 Å². The molecule has 0 spiro atoms. The number of carbonyl (C=O) groups is 1. The van der Waals surface area contributed by atoms with E-state index in [-0.39, 0.29) is 18.5 Å². The van der Waals surface area contributed by atoms with Crippen molar-refractivity contribution in [3.05, 3.63) is 76.0 Å². The molecule has 1 atom stereocenters. The van der Waals surface area contributed by atoms with Crippen LogP contribution in [-0.4, -0.2) is 39.3 Å². The van der Waals surface area contributed by atoms with Gasteiger partial charge in [0, 0.05) is 17.3 Å². The predicted octanol–water partition coefficient (Wildman–Crippen LogP) is 3.55. The highest BCUT2D eigenvalue weighted by Crippen LogP contribution is 2.31. The first-order valence-electron chi connectivity index (χ1n) is 11.0. The normalized spacial score (nSPS) is 11.9. The minimum Gasteiger partial charge on any atom is -0.493 e. The lowest BCUT2D eigenvalue weighted by Crippen LogP contribution is -2.34. The lowest BCUT2D eigenvalue weighted by atomic mass is 10.1. The topological polar surface area (TPSA) is 99.7 Å². The molecule has 0 aliphatic carbocycles. The molecule has 4 aromatic rings. The number of aromatic nitrogens is 4. The number of hydrogen-bond donors (Lipinski definition) is 1. The number of methoxy groups -OCH3 is 2. The summed E-state index contributed by atoms with van der Waals surface area (Å²) in [7, 11) is 3.12. The molecule has 2 aromatic heterocycles. The van der Waals surface area contributed by atoms with Crippen LogP contribution in [0.1, 0.15) is 29.7 Å². The Bertz CT molecular complexity index is 1450. The van der Waals surface area contributed by atoms with Crippen LogP contribution < -0.4 is 20.5 Å². The van der Waals surface area contributed by atoms with Crippen molar-refractivity contribution >= 4 is 23.3 Å². The van der Waals surface area contributed by atoms with Crippen molar-refractivity contribution in [1.29, 1.82) is 0 Å². The first kappa shape index (κ1) is 24.3. The average molecular weight is 494 g/mol. The molecule has 4 rings (SSSR count). The summed E-state index contributed by atoms with van der Waals surface area (Å²) in [6.07, 6.45) is 3.11. The number of fused-ring (bicyclic) bond motifs is 1. The number of ether oxygens (including phenoxy) is 2. The molecule has 2 heterocycles. The molecule has 2 aromatic carbocycles. The molecule has 0 saturated heterocycles. The van der Waals surface area contributed by atoms with Crippen LogP contribution in [0.5, 0.6) is 11.5 Å². The molecule has 1 unspecified atom stereocenters. The molecule has 10 heteroatoms. The predicted molar refractivity (Wildman–Crippen MR) is 133 cm³/mol. The van der Waals surface area contributed by atoms with Gasteiger partial charge in [0.2, 0.25) is 5.91 Å². The molecule has 182 valence electrons. The highest BCUT2D eigenvalue weighted by molar-refractivity contribution is 7.99. The van der Waals surface area contributed by atoms with E-state index < -0.39 is 5.69 Å². The molecule has 35 heavy (non-hydrogen) atoms. The van der Waals surface area contributed by atoms with Crippen molar-refractivity contribution in [3.8, 4) is 11.5 Å². The summed E-state index contributed by atoms with van der Waals surface area (Å²) in [5, 5.41) is 7.91. The van der Waals surface area contributed by atoms with Gasteiger partial charge in [0.15, 0.2) is 17.1 Å². The third kappa shape index (κ3) is 5.17. The van der Waals surface area contributed by atoms with Crippen LogP contribution in [-0.2, 0) is 11.3 Å². The summed E-state index contributed by atoms with van der Waals surface area (Å²) in [4.78, 5) is 31.1. The Balaban J connectivity index is 1.53. The zero-order valence-electron chi connectivity index (χ0n) is 20.2. The number of nitrogens with one attached hydrogen (secondary N) is 1. The quantitative estimate of drug-likeness (QED) is 0.401. The van der Waals surface area contributed by atoms with E-state index in [0.29, 0.717) is 22.2 Å². The molecule has 0 aliphatic heterocycles. The maximum Gasteiger partial charge on any atom is 0.350 e. The van der Waals surface area contributed by atoms with E-state index in [1.54, 1.807) is 32.7 Å². The highest BCUT2D eigenvalue weighted by Gasteiger charge is 2.18. The van der Waals surface area contributed by atoms with Crippen molar-refractivity contribution in [1.82, 2.24) is 24.5 Å². The first-order valence-corrected chi connectivity index (χ1v) is 11.8. The SMILES string of the molecule is COc1ccc(C(C)NC(=O)Cn2nc3c(Sc4ccc(C)cc4C)nccn3c2=O)cc1OC. The van der Waals surface area contributed by atoms with Gasteiger partial charge < -0.3 is 14.8 Å². The minimum atomic E-state index is -0.404. The fraction of sp³-hybridized carbons (Fsp3) is 0.280. The lowest BCUT2D eigenvalue weighted by molar-refractivity contribution is -0.122. The van der Waals surface area contributed by atoms with Crippen LogP contribution in [0, 0.1) is 13.8 Å². The Labute approximate surface area is 207 Å². The third-order valence-electron chi connectivity index (χ3n) is 5.58. The fourth-order valence-corrected chi connectivity index (χ4v) is 4.66. The van der Waals surface area contributed by atoms with Crippen LogP contribution in [0.25, 0.3) is 5.65 Å². The van der Waals surface area contributed by atoms with Crippen LogP contribution in [0.4, 0.5) is 0 Å². The second-order valence-corrected chi connectivity index (χ2v) is 9.17. The molecule has 0 aliphatic rings. The Kier molecular flexibility index (Phi) is 7.11. The number of amides is 1. The second kappa shape index (κ2) is 10.2. The van der Waals surface area contributed by atoms with Crippen molar-refractivity contribution in [2.24, 2.45) is 0 Å². The Morgan fingerprint density at radius 1 is 1.11 bits per heavy atom. The van der Waals surface area contributed by atoms with E-state index in [2.05, 4.69) is 21.5 Å². The summed E-state index contributed by atoms with van der Waals surface area (Å²) in [6.45, 7) is 5.71. The second-order valence-electron chi connectivity index (χ2n) is 8.14. The third-order valence-corrected chi connectivity index (χ3v) is 6.74. The zero-order valence-corrected chi connectivity index (χ0v) is 21.0. The Morgan fingerprint density at radius 3 is 2.60 bits per heavy atom. The van der Waals surface area contributed by atoms with Crippen LogP contribution >= 0.6 is 11.8 Å². The van der Waals surface area contributed by atoms with Crippen LogP contribution in [0.2, 0.25) is 0 Å². The standard InChI is InChI=1S/C25H27N5O4S/c1-15-6-9-21(16(2)12-15)35-24-23-28-30(25(32)29(23)11-10-26-24)14-22(31)27-17(3)18-7-8-19(33-4)20(13-18)34-5/h6-13,17H,14H2,1-5H3,(H,27,31). The van der Waals surface area contributed by atoms with E-state index in [1.165, 1.54) is 21.7 Å². The van der Waals surface area contributed by atoms with Gasteiger partial charge in [0.25, 0.3) is 0 Å². The van der Waals surface area contributed by atoms with Gasteiger partial charge in [-0.1, -0.05) is 35.5 Å². The van der Waals surface area contributed by atoms with Gasteiger partial charge >= 0.3 is 5.69 Å². The molecule has 1 amide bonds. The number of nitrogens with zero attached hydrogens (tertiary/aromatic N) is 4. The summed E-state index contributed by atoms with van der Waals surface area (Å²) in [5.41, 5.74) is 3.13. The molecule has 9 nitrogen and oxygen atoms in total. The van der Waals surface area contributed by atoms with Gasteiger partial charge in [-0.25, -0.2) is 18.9 Å². The first-order chi connectivity index (χ1) is 16.8. The van der Waals surface area contributed by atoms with Gasteiger partial charge in [-0.2, -0.15) is 0 Å².